The Bertz CT molecular complexity index is 980. The molecule has 3 aromatic carbocycles. The molecule has 4 rings (SSSR count). The Morgan fingerprint density at radius 2 is 1.17 bits per heavy atom. The van der Waals surface area contributed by atoms with Crippen molar-refractivity contribution in [3.63, 3.8) is 0 Å². The summed E-state index contributed by atoms with van der Waals surface area (Å²) in [6.45, 7) is 0. The summed E-state index contributed by atoms with van der Waals surface area (Å²) >= 11 is 3.51. The van der Waals surface area contributed by atoms with E-state index in [2.05, 4.69) is 50.4 Å². The quantitative estimate of drug-likeness (QED) is 0.451. The lowest BCUT2D eigenvalue weighted by molar-refractivity contribution is 0.584. The number of rotatable bonds is 3. The molecule has 0 amide bonds. The molecule has 0 aliphatic rings. The van der Waals surface area contributed by atoms with E-state index in [0.717, 1.165) is 26.7 Å². The third-order valence-electron chi connectivity index (χ3n) is 3.71. The summed E-state index contributed by atoms with van der Waals surface area (Å²) in [5.74, 6) is 1.05. The van der Waals surface area contributed by atoms with Gasteiger partial charge in [-0.3, -0.25) is 0 Å². The highest BCUT2D eigenvalue weighted by molar-refractivity contribution is 9.10. The monoisotopic (exact) mass is 376 g/mol. The molecule has 116 valence electrons. The lowest BCUT2D eigenvalue weighted by Crippen LogP contribution is -1.81. The van der Waals surface area contributed by atoms with Crippen LogP contribution in [0.3, 0.4) is 0 Å². The Morgan fingerprint density at radius 1 is 0.583 bits per heavy atom. The van der Waals surface area contributed by atoms with Crippen molar-refractivity contribution in [1.82, 2.24) is 10.2 Å². The number of hydrogen-bond acceptors (Lipinski definition) is 3. The Labute approximate surface area is 148 Å². The average Bonchev–Trinajstić information content (AvgIpc) is 3.13. The van der Waals surface area contributed by atoms with E-state index in [1.165, 1.54) is 0 Å². The molecule has 0 spiro atoms. The fourth-order valence-corrected chi connectivity index (χ4v) is 2.94. The van der Waals surface area contributed by atoms with Crippen LogP contribution in [0.5, 0.6) is 0 Å². The van der Waals surface area contributed by atoms with E-state index in [-0.39, 0.29) is 0 Å². The number of halogens is 1. The number of hydrogen-bond donors (Lipinski definition) is 0. The van der Waals surface area contributed by atoms with Crippen molar-refractivity contribution in [2.75, 3.05) is 0 Å². The maximum atomic E-state index is 5.84. The van der Waals surface area contributed by atoms with Crippen LogP contribution in [0.25, 0.3) is 34.0 Å². The molecule has 0 aliphatic carbocycles. The van der Waals surface area contributed by atoms with Crippen molar-refractivity contribution in [2.24, 2.45) is 0 Å². The van der Waals surface area contributed by atoms with Crippen molar-refractivity contribution >= 4 is 15.9 Å². The smallest absolute Gasteiger partial charge is 0.248 e. The molecule has 0 radical (unpaired) electrons. The topological polar surface area (TPSA) is 38.9 Å². The molecule has 24 heavy (non-hydrogen) atoms. The minimum absolute atomic E-state index is 0.519. The van der Waals surface area contributed by atoms with Crippen molar-refractivity contribution in [1.29, 1.82) is 0 Å². The molecule has 1 heterocycles. The third kappa shape index (κ3) is 3.01. The van der Waals surface area contributed by atoms with E-state index in [1.807, 2.05) is 54.6 Å². The molecule has 0 unspecified atom stereocenters. The number of nitrogens with zero attached hydrogens (tertiary/aromatic N) is 2. The third-order valence-corrected chi connectivity index (χ3v) is 4.21. The van der Waals surface area contributed by atoms with Gasteiger partial charge in [0, 0.05) is 15.6 Å². The fraction of sp³-hybridized carbons (Fsp3) is 0. The van der Waals surface area contributed by atoms with Crippen LogP contribution in [0, 0.1) is 0 Å². The van der Waals surface area contributed by atoms with Crippen LogP contribution in [0.1, 0.15) is 0 Å². The van der Waals surface area contributed by atoms with Gasteiger partial charge in [-0.2, -0.15) is 0 Å². The van der Waals surface area contributed by atoms with Gasteiger partial charge in [-0.25, -0.2) is 0 Å². The first-order valence-electron chi connectivity index (χ1n) is 7.55. The van der Waals surface area contributed by atoms with Gasteiger partial charge in [0.25, 0.3) is 0 Å². The summed E-state index contributed by atoms with van der Waals surface area (Å²) < 4.78 is 6.89. The summed E-state index contributed by atoms with van der Waals surface area (Å²) in [6.07, 6.45) is 0. The van der Waals surface area contributed by atoms with Gasteiger partial charge in [0.1, 0.15) is 0 Å². The van der Waals surface area contributed by atoms with Crippen molar-refractivity contribution < 1.29 is 4.42 Å². The van der Waals surface area contributed by atoms with Crippen LogP contribution in [0.2, 0.25) is 0 Å². The molecular weight excluding hydrogens is 364 g/mol. The summed E-state index contributed by atoms with van der Waals surface area (Å²) in [6, 6.07) is 26.1. The van der Waals surface area contributed by atoms with Gasteiger partial charge in [-0.15, -0.1) is 10.2 Å². The van der Waals surface area contributed by atoms with E-state index in [1.54, 1.807) is 0 Å². The zero-order valence-corrected chi connectivity index (χ0v) is 14.3. The van der Waals surface area contributed by atoms with Crippen LogP contribution in [-0.4, -0.2) is 10.2 Å². The predicted octanol–water partition coefficient (Wildman–Crippen LogP) is 5.83. The molecule has 4 heteroatoms. The molecule has 0 aliphatic heterocycles. The zero-order chi connectivity index (χ0) is 16.4. The van der Waals surface area contributed by atoms with Gasteiger partial charge in [-0.1, -0.05) is 58.4 Å². The van der Waals surface area contributed by atoms with Crippen molar-refractivity contribution in [3.05, 3.63) is 83.3 Å². The van der Waals surface area contributed by atoms with Gasteiger partial charge in [0.05, 0.1) is 0 Å². The van der Waals surface area contributed by atoms with Crippen LogP contribution in [-0.2, 0) is 0 Å². The zero-order valence-electron chi connectivity index (χ0n) is 12.7. The molecule has 0 saturated carbocycles. The molecule has 0 saturated heterocycles. The van der Waals surface area contributed by atoms with E-state index < -0.39 is 0 Å². The van der Waals surface area contributed by atoms with Crippen molar-refractivity contribution in [2.45, 2.75) is 0 Å². The molecule has 0 atom stereocenters. The molecule has 3 nitrogen and oxygen atoms in total. The largest absolute Gasteiger partial charge is 0.416 e. The van der Waals surface area contributed by atoms with E-state index in [4.69, 9.17) is 4.42 Å². The maximum Gasteiger partial charge on any atom is 0.248 e. The Balaban J connectivity index is 1.71. The van der Waals surface area contributed by atoms with Gasteiger partial charge in [0.15, 0.2) is 0 Å². The summed E-state index contributed by atoms with van der Waals surface area (Å²) in [5.41, 5.74) is 4.06. The van der Waals surface area contributed by atoms with E-state index in [9.17, 15) is 0 Å². The van der Waals surface area contributed by atoms with Gasteiger partial charge >= 0.3 is 0 Å². The maximum absolute atomic E-state index is 5.84. The first-order valence-corrected chi connectivity index (χ1v) is 8.34. The first kappa shape index (κ1) is 14.8. The predicted molar refractivity (Wildman–Crippen MR) is 98.3 cm³/mol. The Hall–Kier alpha value is -2.72. The van der Waals surface area contributed by atoms with E-state index >= 15 is 0 Å². The minimum Gasteiger partial charge on any atom is -0.416 e. The summed E-state index contributed by atoms with van der Waals surface area (Å²) in [7, 11) is 0. The molecular formula is C20H13BrN2O. The van der Waals surface area contributed by atoms with Crippen LogP contribution >= 0.6 is 15.9 Å². The van der Waals surface area contributed by atoms with E-state index in [0.29, 0.717) is 11.8 Å². The second-order valence-corrected chi connectivity index (χ2v) is 6.29. The van der Waals surface area contributed by atoms with Crippen LogP contribution in [0.4, 0.5) is 0 Å². The molecule has 0 N–H and O–H groups in total. The fourth-order valence-electron chi connectivity index (χ4n) is 2.54. The Morgan fingerprint density at radius 3 is 1.92 bits per heavy atom. The van der Waals surface area contributed by atoms with Gasteiger partial charge in [0.2, 0.25) is 11.8 Å². The van der Waals surface area contributed by atoms with Gasteiger partial charge in [-0.05, 0) is 47.5 Å². The molecule has 0 bridgehead atoms. The van der Waals surface area contributed by atoms with Crippen molar-refractivity contribution in [3.8, 4) is 34.0 Å². The van der Waals surface area contributed by atoms with Crippen LogP contribution in [0.15, 0.2) is 87.8 Å². The molecule has 1 aromatic heterocycles. The summed E-state index contributed by atoms with van der Waals surface area (Å²) in [5, 5.41) is 8.34. The molecule has 0 fully saturated rings. The van der Waals surface area contributed by atoms with Gasteiger partial charge < -0.3 is 4.42 Å². The highest BCUT2D eigenvalue weighted by Crippen LogP contribution is 2.29. The lowest BCUT2D eigenvalue weighted by Gasteiger charge is -2.04. The van der Waals surface area contributed by atoms with Crippen LogP contribution < -0.4 is 0 Å². The highest BCUT2D eigenvalue weighted by Gasteiger charge is 2.11. The average molecular weight is 377 g/mol. The second kappa shape index (κ2) is 6.42. The second-order valence-electron chi connectivity index (χ2n) is 5.37. The first-order chi connectivity index (χ1) is 11.8. The molecule has 4 aromatic rings. The standard InChI is InChI=1S/C20H13BrN2O/c21-18-11-5-9-16(13-18)15-8-4-10-17(12-15)20-23-22-19(24-20)14-6-2-1-3-7-14/h1-13H. The minimum atomic E-state index is 0.519. The SMILES string of the molecule is Brc1cccc(-c2cccc(-c3nnc(-c4ccccc4)o3)c2)c1. The normalized spacial score (nSPS) is 10.7. The number of aromatic nitrogens is 2. The Kier molecular flexibility index (Phi) is 3.97. The summed E-state index contributed by atoms with van der Waals surface area (Å²) in [4.78, 5) is 0. The lowest BCUT2D eigenvalue weighted by atomic mass is 10.0. The highest BCUT2D eigenvalue weighted by atomic mass is 79.9. The number of benzene rings is 3.